The lowest BCUT2D eigenvalue weighted by molar-refractivity contribution is 0.414. The summed E-state index contributed by atoms with van der Waals surface area (Å²) in [7, 11) is 1.66. The van der Waals surface area contributed by atoms with E-state index in [4.69, 9.17) is 16.3 Å². The van der Waals surface area contributed by atoms with Gasteiger partial charge in [0.1, 0.15) is 5.75 Å². The SMILES string of the molecule is COc1ccc(C(Cl)c2cc(C)c(Br)cc2C)cc1. The fraction of sp³-hybridized carbons (Fsp3) is 0.250. The fourth-order valence-corrected chi connectivity index (χ4v) is 2.87. The first-order chi connectivity index (χ1) is 9.02. The molecule has 3 heteroatoms. The molecule has 100 valence electrons. The van der Waals surface area contributed by atoms with Gasteiger partial charge in [-0.05, 0) is 54.3 Å². The van der Waals surface area contributed by atoms with Gasteiger partial charge < -0.3 is 4.74 Å². The van der Waals surface area contributed by atoms with E-state index < -0.39 is 0 Å². The molecule has 0 N–H and O–H groups in total. The zero-order chi connectivity index (χ0) is 14.0. The topological polar surface area (TPSA) is 9.23 Å². The third kappa shape index (κ3) is 3.13. The van der Waals surface area contributed by atoms with Crippen molar-refractivity contribution >= 4 is 27.5 Å². The Bertz CT molecular complexity index is 578. The maximum Gasteiger partial charge on any atom is 0.118 e. The Morgan fingerprint density at radius 3 is 2.26 bits per heavy atom. The van der Waals surface area contributed by atoms with Gasteiger partial charge in [-0.3, -0.25) is 0 Å². The molecule has 1 nitrogen and oxygen atoms in total. The molecule has 0 heterocycles. The monoisotopic (exact) mass is 338 g/mol. The fourth-order valence-electron chi connectivity index (χ4n) is 2.03. The predicted molar refractivity (Wildman–Crippen MR) is 84.3 cm³/mol. The van der Waals surface area contributed by atoms with Gasteiger partial charge in [0.05, 0.1) is 12.5 Å². The van der Waals surface area contributed by atoms with Crippen LogP contribution in [0.25, 0.3) is 0 Å². The highest BCUT2D eigenvalue weighted by atomic mass is 79.9. The van der Waals surface area contributed by atoms with E-state index in [0.29, 0.717) is 0 Å². The summed E-state index contributed by atoms with van der Waals surface area (Å²) in [5.41, 5.74) is 4.60. The number of hydrogen-bond donors (Lipinski definition) is 0. The van der Waals surface area contributed by atoms with Crippen LogP contribution >= 0.6 is 27.5 Å². The van der Waals surface area contributed by atoms with Crippen LogP contribution in [-0.2, 0) is 0 Å². The van der Waals surface area contributed by atoms with Crippen LogP contribution in [0.15, 0.2) is 40.9 Å². The van der Waals surface area contributed by atoms with Crippen molar-refractivity contribution in [2.24, 2.45) is 0 Å². The molecule has 0 amide bonds. The highest BCUT2D eigenvalue weighted by molar-refractivity contribution is 9.10. The van der Waals surface area contributed by atoms with Gasteiger partial charge in [0.15, 0.2) is 0 Å². The Morgan fingerprint density at radius 2 is 1.68 bits per heavy atom. The Balaban J connectivity index is 2.37. The third-order valence-electron chi connectivity index (χ3n) is 3.23. The Hall–Kier alpha value is -0.990. The second kappa shape index (κ2) is 5.98. The second-order valence-electron chi connectivity index (χ2n) is 4.59. The number of alkyl halides is 1. The molecule has 0 saturated carbocycles. The molecule has 19 heavy (non-hydrogen) atoms. The summed E-state index contributed by atoms with van der Waals surface area (Å²) in [6.45, 7) is 4.16. The second-order valence-corrected chi connectivity index (χ2v) is 5.88. The van der Waals surface area contributed by atoms with E-state index in [1.165, 1.54) is 11.1 Å². The first kappa shape index (κ1) is 14.4. The minimum atomic E-state index is -0.141. The Labute approximate surface area is 127 Å². The molecular weight excluding hydrogens is 324 g/mol. The van der Waals surface area contributed by atoms with Crippen molar-refractivity contribution in [3.8, 4) is 5.75 Å². The summed E-state index contributed by atoms with van der Waals surface area (Å²) >= 11 is 10.1. The summed E-state index contributed by atoms with van der Waals surface area (Å²) < 4.78 is 6.28. The lowest BCUT2D eigenvalue weighted by Crippen LogP contribution is -1.98. The molecule has 0 aliphatic rings. The predicted octanol–water partition coefficient (Wildman–Crippen LogP) is 5.40. The standard InChI is InChI=1S/C16H16BrClO/c1-10-9-15(17)11(2)8-14(10)16(18)12-4-6-13(19-3)7-5-12/h4-9,16H,1-3H3. The molecular formula is C16H16BrClO. The van der Waals surface area contributed by atoms with Gasteiger partial charge in [-0.1, -0.05) is 34.1 Å². The van der Waals surface area contributed by atoms with Gasteiger partial charge in [-0.15, -0.1) is 11.6 Å². The van der Waals surface area contributed by atoms with Crippen LogP contribution in [0, 0.1) is 13.8 Å². The van der Waals surface area contributed by atoms with Crippen LogP contribution < -0.4 is 4.74 Å². The first-order valence-corrected chi connectivity index (χ1v) is 7.30. The zero-order valence-electron chi connectivity index (χ0n) is 11.2. The number of methoxy groups -OCH3 is 1. The smallest absolute Gasteiger partial charge is 0.118 e. The average molecular weight is 340 g/mol. The lowest BCUT2D eigenvalue weighted by atomic mass is 9.98. The van der Waals surface area contributed by atoms with E-state index in [9.17, 15) is 0 Å². The summed E-state index contributed by atoms with van der Waals surface area (Å²) in [6, 6.07) is 12.1. The molecule has 0 aliphatic heterocycles. The van der Waals surface area contributed by atoms with Crippen LogP contribution in [0.4, 0.5) is 0 Å². The molecule has 2 aromatic rings. The van der Waals surface area contributed by atoms with Gasteiger partial charge in [0.25, 0.3) is 0 Å². The molecule has 0 aromatic heterocycles. The van der Waals surface area contributed by atoms with Gasteiger partial charge in [0.2, 0.25) is 0 Å². The summed E-state index contributed by atoms with van der Waals surface area (Å²) in [5.74, 6) is 0.844. The Morgan fingerprint density at radius 1 is 1.05 bits per heavy atom. The number of halogens is 2. The quantitative estimate of drug-likeness (QED) is 0.680. The molecule has 2 aromatic carbocycles. The van der Waals surface area contributed by atoms with E-state index in [2.05, 4.69) is 41.9 Å². The summed E-state index contributed by atoms with van der Waals surface area (Å²) in [6.07, 6.45) is 0. The first-order valence-electron chi connectivity index (χ1n) is 6.07. The third-order valence-corrected chi connectivity index (χ3v) is 4.57. The molecule has 0 spiro atoms. The van der Waals surface area contributed by atoms with Crippen LogP contribution in [-0.4, -0.2) is 7.11 Å². The van der Waals surface area contributed by atoms with Crippen LogP contribution in [0.3, 0.4) is 0 Å². The van der Waals surface area contributed by atoms with Crippen molar-refractivity contribution in [2.45, 2.75) is 19.2 Å². The highest BCUT2D eigenvalue weighted by Crippen LogP contribution is 2.34. The molecule has 0 bridgehead atoms. The van der Waals surface area contributed by atoms with Gasteiger partial charge in [-0.25, -0.2) is 0 Å². The number of benzene rings is 2. The van der Waals surface area contributed by atoms with Crippen molar-refractivity contribution in [2.75, 3.05) is 7.11 Å². The van der Waals surface area contributed by atoms with Gasteiger partial charge in [-0.2, -0.15) is 0 Å². The minimum absolute atomic E-state index is 0.141. The maximum absolute atomic E-state index is 6.60. The molecule has 1 unspecified atom stereocenters. The number of rotatable bonds is 3. The average Bonchev–Trinajstić information content (AvgIpc) is 2.42. The van der Waals surface area contributed by atoms with Crippen molar-refractivity contribution in [3.63, 3.8) is 0 Å². The van der Waals surface area contributed by atoms with Crippen LogP contribution in [0.5, 0.6) is 5.75 Å². The molecule has 0 radical (unpaired) electrons. The molecule has 0 aliphatic carbocycles. The maximum atomic E-state index is 6.60. The normalized spacial score (nSPS) is 12.3. The molecule has 1 atom stereocenters. The van der Waals surface area contributed by atoms with Gasteiger partial charge in [0, 0.05) is 4.47 Å². The van der Waals surface area contributed by atoms with Crippen molar-refractivity contribution in [3.05, 3.63) is 63.1 Å². The van der Waals surface area contributed by atoms with Crippen molar-refractivity contribution in [1.29, 1.82) is 0 Å². The minimum Gasteiger partial charge on any atom is -0.497 e. The highest BCUT2D eigenvalue weighted by Gasteiger charge is 2.14. The zero-order valence-corrected chi connectivity index (χ0v) is 13.5. The largest absolute Gasteiger partial charge is 0.497 e. The van der Waals surface area contributed by atoms with E-state index in [-0.39, 0.29) is 5.38 Å². The van der Waals surface area contributed by atoms with E-state index in [1.54, 1.807) is 7.11 Å². The van der Waals surface area contributed by atoms with Gasteiger partial charge >= 0.3 is 0 Å². The summed E-state index contributed by atoms with van der Waals surface area (Å²) in [5, 5.41) is -0.141. The van der Waals surface area contributed by atoms with Crippen molar-refractivity contribution < 1.29 is 4.74 Å². The lowest BCUT2D eigenvalue weighted by Gasteiger charge is -2.15. The van der Waals surface area contributed by atoms with Crippen LogP contribution in [0.1, 0.15) is 27.6 Å². The molecule has 0 saturated heterocycles. The number of aryl methyl sites for hydroxylation is 2. The Kier molecular flexibility index (Phi) is 4.54. The number of hydrogen-bond acceptors (Lipinski definition) is 1. The summed E-state index contributed by atoms with van der Waals surface area (Å²) in [4.78, 5) is 0. The van der Waals surface area contributed by atoms with E-state index in [1.807, 2.05) is 24.3 Å². The number of ether oxygens (including phenoxy) is 1. The molecule has 0 fully saturated rings. The molecule has 2 rings (SSSR count). The van der Waals surface area contributed by atoms with Crippen LogP contribution in [0.2, 0.25) is 0 Å². The van der Waals surface area contributed by atoms with Crippen molar-refractivity contribution in [1.82, 2.24) is 0 Å². The van der Waals surface area contributed by atoms with E-state index >= 15 is 0 Å². The van der Waals surface area contributed by atoms with E-state index in [0.717, 1.165) is 21.3 Å².